The first-order valence-electron chi connectivity index (χ1n) is 7.04. The Hall–Kier alpha value is -1.75. The second-order valence-corrected chi connectivity index (χ2v) is 5.27. The van der Waals surface area contributed by atoms with Crippen LogP contribution >= 0.6 is 0 Å². The molecular weight excluding hydrogens is 254 g/mol. The third kappa shape index (κ3) is 3.22. The van der Waals surface area contributed by atoms with Gasteiger partial charge in [-0.25, -0.2) is 4.79 Å². The van der Waals surface area contributed by atoms with Gasteiger partial charge in [0.25, 0.3) is 0 Å². The van der Waals surface area contributed by atoms with E-state index in [1.54, 1.807) is 18.2 Å². The molecule has 2 rings (SSSR count). The van der Waals surface area contributed by atoms with Gasteiger partial charge in [-0.1, -0.05) is 12.5 Å². The van der Waals surface area contributed by atoms with E-state index in [1.165, 1.54) is 26.4 Å². The van der Waals surface area contributed by atoms with Gasteiger partial charge in [0.2, 0.25) is 0 Å². The number of rotatable bonds is 4. The van der Waals surface area contributed by atoms with Gasteiger partial charge in [-0.05, 0) is 38.6 Å². The smallest absolute Gasteiger partial charge is 0.340 e. The van der Waals surface area contributed by atoms with Crippen molar-refractivity contribution in [2.45, 2.75) is 25.3 Å². The second-order valence-electron chi connectivity index (χ2n) is 5.27. The van der Waals surface area contributed by atoms with Gasteiger partial charge in [0.15, 0.2) is 0 Å². The molecule has 3 N–H and O–H groups in total. The number of ether oxygens (including phenoxy) is 1. The zero-order valence-corrected chi connectivity index (χ0v) is 12.2. The molecule has 0 aliphatic carbocycles. The van der Waals surface area contributed by atoms with Gasteiger partial charge < -0.3 is 20.7 Å². The normalized spacial score (nSPS) is 19.6. The maximum atomic E-state index is 11.8. The Morgan fingerprint density at radius 1 is 1.50 bits per heavy atom. The summed E-state index contributed by atoms with van der Waals surface area (Å²) in [5.41, 5.74) is 7.73. The van der Waals surface area contributed by atoms with Crippen molar-refractivity contribution in [1.82, 2.24) is 4.90 Å². The van der Waals surface area contributed by atoms with Crippen LogP contribution in [0.25, 0.3) is 0 Å². The van der Waals surface area contributed by atoms with Crippen molar-refractivity contribution in [3.05, 3.63) is 23.8 Å². The highest BCUT2D eigenvalue weighted by molar-refractivity contribution is 5.98. The Kier molecular flexibility index (Phi) is 4.84. The summed E-state index contributed by atoms with van der Waals surface area (Å²) < 4.78 is 4.80. The summed E-state index contributed by atoms with van der Waals surface area (Å²) >= 11 is 0. The minimum Gasteiger partial charge on any atom is -0.465 e. The first-order valence-corrected chi connectivity index (χ1v) is 7.04. The number of esters is 1. The standard InChI is InChI=1S/C15H23N3O2/c1-18-9-4-3-6-11(18)10-17-14-12(15(19)20-2)7-5-8-13(14)16/h5,7-8,11,17H,3-4,6,9-10,16H2,1-2H3. The molecule has 0 saturated carbocycles. The highest BCUT2D eigenvalue weighted by atomic mass is 16.5. The van der Waals surface area contributed by atoms with Crippen LogP contribution in [-0.2, 0) is 4.74 Å². The molecule has 1 aliphatic heterocycles. The maximum absolute atomic E-state index is 11.8. The van der Waals surface area contributed by atoms with E-state index in [1.807, 2.05) is 0 Å². The van der Waals surface area contributed by atoms with Gasteiger partial charge in [-0.3, -0.25) is 0 Å². The number of hydrogen-bond donors (Lipinski definition) is 2. The fraction of sp³-hybridized carbons (Fsp3) is 0.533. The molecule has 0 aromatic heterocycles. The number of nitrogens with two attached hydrogens (primary N) is 1. The first kappa shape index (κ1) is 14.7. The summed E-state index contributed by atoms with van der Waals surface area (Å²) in [4.78, 5) is 14.1. The lowest BCUT2D eigenvalue weighted by atomic mass is 10.0. The average Bonchev–Trinajstić information content (AvgIpc) is 2.46. The Morgan fingerprint density at radius 2 is 2.30 bits per heavy atom. The van der Waals surface area contributed by atoms with Gasteiger partial charge in [0, 0.05) is 12.6 Å². The molecule has 1 heterocycles. The van der Waals surface area contributed by atoms with E-state index < -0.39 is 0 Å². The highest BCUT2D eigenvalue weighted by Gasteiger charge is 2.20. The number of methoxy groups -OCH3 is 1. The van der Waals surface area contributed by atoms with Gasteiger partial charge in [0.1, 0.15) is 0 Å². The predicted octanol–water partition coefficient (Wildman–Crippen LogP) is 1.95. The number of nitrogens with one attached hydrogen (secondary N) is 1. The third-order valence-corrected chi connectivity index (χ3v) is 3.94. The Labute approximate surface area is 120 Å². The van der Waals surface area contributed by atoms with Crippen molar-refractivity contribution in [3.8, 4) is 0 Å². The van der Waals surface area contributed by atoms with Crippen molar-refractivity contribution in [1.29, 1.82) is 0 Å². The van der Waals surface area contributed by atoms with Gasteiger partial charge >= 0.3 is 5.97 Å². The molecule has 1 saturated heterocycles. The largest absolute Gasteiger partial charge is 0.465 e. The lowest BCUT2D eigenvalue weighted by Gasteiger charge is -2.33. The number of hydrogen-bond acceptors (Lipinski definition) is 5. The minimum atomic E-state index is -0.364. The zero-order chi connectivity index (χ0) is 14.5. The summed E-state index contributed by atoms with van der Waals surface area (Å²) in [6.07, 6.45) is 3.68. The van der Waals surface area contributed by atoms with Crippen molar-refractivity contribution in [2.24, 2.45) is 0 Å². The number of carbonyl (C=O) groups excluding carboxylic acids is 1. The average molecular weight is 277 g/mol. The molecule has 20 heavy (non-hydrogen) atoms. The quantitative estimate of drug-likeness (QED) is 0.650. The molecule has 1 fully saturated rings. The van der Waals surface area contributed by atoms with Crippen LogP contribution in [0.1, 0.15) is 29.6 Å². The molecule has 0 bridgehead atoms. The van der Waals surface area contributed by atoms with E-state index in [4.69, 9.17) is 10.5 Å². The molecule has 110 valence electrons. The monoisotopic (exact) mass is 277 g/mol. The van der Waals surface area contributed by atoms with Gasteiger partial charge in [-0.2, -0.15) is 0 Å². The second kappa shape index (κ2) is 6.61. The van der Waals surface area contributed by atoms with Crippen LogP contribution in [0.15, 0.2) is 18.2 Å². The van der Waals surface area contributed by atoms with Crippen LogP contribution in [0.4, 0.5) is 11.4 Å². The van der Waals surface area contributed by atoms with Crippen molar-refractivity contribution < 1.29 is 9.53 Å². The van der Waals surface area contributed by atoms with Crippen molar-refractivity contribution >= 4 is 17.3 Å². The zero-order valence-electron chi connectivity index (χ0n) is 12.2. The molecule has 0 spiro atoms. The summed E-state index contributed by atoms with van der Waals surface area (Å²) in [6.45, 7) is 1.91. The summed E-state index contributed by atoms with van der Waals surface area (Å²) in [7, 11) is 3.52. The fourth-order valence-electron chi connectivity index (χ4n) is 2.67. The van der Waals surface area contributed by atoms with Crippen LogP contribution in [0.2, 0.25) is 0 Å². The number of piperidine rings is 1. The lowest BCUT2D eigenvalue weighted by molar-refractivity contribution is 0.0602. The predicted molar refractivity (Wildman–Crippen MR) is 81.0 cm³/mol. The fourth-order valence-corrected chi connectivity index (χ4v) is 2.67. The number of benzene rings is 1. The van der Waals surface area contributed by atoms with Crippen LogP contribution in [0.5, 0.6) is 0 Å². The number of likely N-dealkylation sites (tertiary alicyclic amines) is 1. The Morgan fingerprint density at radius 3 is 3.00 bits per heavy atom. The summed E-state index contributed by atoms with van der Waals surface area (Å²) in [5, 5.41) is 3.33. The summed E-state index contributed by atoms with van der Waals surface area (Å²) in [6, 6.07) is 5.77. The van der Waals surface area contributed by atoms with Crippen LogP contribution in [0.3, 0.4) is 0 Å². The van der Waals surface area contributed by atoms with E-state index in [0.717, 1.165) is 13.1 Å². The number of likely N-dealkylation sites (N-methyl/N-ethyl adjacent to an activating group) is 1. The first-order chi connectivity index (χ1) is 9.63. The Balaban J connectivity index is 2.10. The van der Waals surface area contributed by atoms with Gasteiger partial charge in [-0.15, -0.1) is 0 Å². The van der Waals surface area contributed by atoms with Crippen LogP contribution in [-0.4, -0.2) is 44.2 Å². The molecule has 1 unspecified atom stereocenters. The van der Waals surface area contributed by atoms with Crippen LogP contribution < -0.4 is 11.1 Å². The molecular formula is C15H23N3O2. The number of para-hydroxylation sites is 1. The number of nitrogens with zero attached hydrogens (tertiary/aromatic N) is 1. The lowest BCUT2D eigenvalue weighted by Crippen LogP contribution is -2.41. The summed E-state index contributed by atoms with van der Waals surface area (Å²) in [5.74, 6) is -0.364. The molecule has 1 aromatic carbocycles. The van der Waals surface area contributed by atoms with E-state index >= 15 is 0 Å². The van der Waals surface area contributed by atoms with Crippen LogP contribution in [0, 0.1) is 0 Å². The maximum Gasteiger partial charge on any atom is 0.340 e. The highest BCUT2D eigenvalue weighted by Crippen LogP contribution is 2.25. The Bertz CT molecular complexity index is 476. The molecule has 5 nitrogen and oxygen atoms in total. The third-order valence-electron chi connectivity index (χ3n) is 3.94. The van der Waals surface area contributed by atoms with E-state index in [0.29, 0.717) is 23.0 Å². The van der Waals surface area contributed by atoms with Crippen molar-refractivity contribution in [3.63, 3.8) is 0 Å². The van der Waals surface area contributed by atoms with E-state index in [-0.39, 0.29) is 5.97 Å². The van der Waals surface area contributed by atoms with E-state index in [9.17, 15) is 4.79 Å². The molecule has 5 heteroatoms. The van der Waals surface area contributed by atoms with E-state index in [2.05, 4.69) is 17.3 Å². The molecule has 1 atom stereocenters. The number of anilines is 2. The minimum absolute atomic E-state index is 0.364. The molecule has 0 amide bonds. The molecule has 1 aliphatic rings. The van der Waals surface area contributed by atoms with Gasteiger partial charge in [0.05, 0.1) is 24.0 Å². The SMILES string of the molecule is COC(=O)c1cccc(N)c1NCC1CCCCN1C. The molecule has 0 radical (unpaired) electrons. The van der Waals surface area contributed by atoms with Crippen molar-refractivity contribution in [2.75, 3.05) is 38.3 Å². The number of carbonyl (C=O) groups is 1. The number of nitrogen functional groups attached to an aromatic ring is 1. The topological polar surface area (TPSA) is 67.6 Å². The molecule has 1 aromatic rings.